The predicted octanol–water partition coefficient (Wildman–Crippen LogP) is 0.803. The third-order valence-electron chi connectivity index (χ3n) is 3.52. The molecule has 2 rings (SSSR count). The van der Waals surface area contributed by atoms with E-state index >= 15 is 0 Å². The lowest BCUT2D eigenvalue weighted by atomic mass is 10.2. The molecule has 1 aliphatic heterocycles. The Labute approximate surface area is 118 Å². The molecule has 1 unspecified atom stereocenters. The first-order chi connectivity index (χ1) is 9.43. The topological polar surface area (TPSA) is 93.7 Å². The number of aliphatic carboxylic acids is 1. The van der Waals surface area contributed by atoms with E-state index in [0.717, 1.165) is 22.8 Å². The van der Waals surface area contributed by atoms with Gasteiger partial charge < -0.3 is 10.1 Å². The zero-order valence-corrected chi connectivity index (χ0v) is 12.1. The molecule has 1 atom stereocenters. The highest BCUT2D eigenvalue weighted by Crippen LogP contribution is 2.34. The summed E-state index contributed by atoms with van der Waals surface area (Å²) in [5.41, 5.74) is 0.873. The molecule has 1 fully saturated rings. The van der Waals surface area contributed by atoms with Crippen LogP contribution in [0.15, 0.2) is 18.3 Å². The minimum atomic E-state index is -3.63. The summed E-state index contributed by atoms with van der Waals surface area (Å²) in [6.45, 7) is 0.440. The summed E-state index contributed by atoms with van der Waals surface area (Å²) in [5, 5.41) is 8.66. The summed E-state index contributed by atoms with van der Waals surface area (Å²) in [6, 6.07) is 3.52. The fraction of sp³-hybridized carbons (Fsp3) is 0.583. The van der Waals surface area contributed by atoms with E-state index in [1.165, 1.54) is 11.4 Å². The molecule has 7 nitrogen and oxygen atoms in total. The Bertz CT molecular complexity index is 555. The smallest absolute Gasteiger partial charge is 0.304 e. The first-order valence-corrected chi connectivity index (χ1v) is 7.91. The number of carboxylic acid groups (broad SMARTS) is 1. The number of hydrogen-bond donors (Lipinski definition) is 2. The molecule has 0 aromatic carbocycles. The SMILES string of the molecule is CN(CCC(=O)O)S(=O)(=O)N1CCCC1c1ccc[nH]1. The van der Waals surface area contributed by atoms with Crippen LogP contribution in [0.3, 0.4) is 0 Å². The predicted molar refractivity (Wildman–Crippen MR) is 73.3 cm³/mol. The zero-order valence-electron chi connectivity index (χ0n) is 11.3. The largest absolute Gasteiger partial charge is 0.481 e. The van der Waals surface area contributed by atoms with E-state index in [2.05, 4.69) is 4.98 Å². The van der Waals surface area contributed by atoms with Gasteiger partial charge in [-0.25, -0.2) is 0 Å². The number of nitrogens with one attached hydrogen (secondary N) is 1. The van der Waals surface area contributed by atoms with Gasteiger partial charge >= 0.3 is 5.97 Å². The number of carboxylic acids is 1. The van der Waals surface area contributed by atoms with Crippen molar-refractivity contribution in [2.45, 2.75) is 25.3 Å². The molecule has 1 saturated heterocycles. The highest BCUT2D eigenvalue weighted by Gasteiger charge is 2.37. The van der Waals surface area contributed by atoms with Gasteiger partial charge in [-0.05, 0) is 25.0 Å². The second-order valence-electron chi connectivity index (χ2n) is 4.87. The summed E-state index contributed by atoms with van der Waals surface area (Å²) >= 11 is 0. The van der Waals surface area contributed by atoms with Gasteiger partial charge in [-0.2, -0.15) is 17.0 Å². The van der Waals surface area contributed by atoms with Crippen LogP contribution in [-0.2, 0) is 15.0 Å². The molecule has 1 aromatic rings. The highest BCUT2D eigenvalue weighted by molar-refractivity contribution is 7.86. The van der Waals surface area contributed by atoms with Gasteiger partial charge in [0.2, 0.25) is 0 Å². The molecule has 0 bridgehead atoms. The number of aromatic nitrogens is 1. The minimum absolute atomic E-state index is 0.0222. The Morgan fingerprint density at radius 3 is 2.95 bits per heavy atom. The van der Waals surface area contributed by atoms with E-state index in [0.29, 0.717) is 6.54 Å². The maximum absolute atomic E-state index is 12.5. The molecule has 0 amide bonds. The van der Waals surface area contributed by atoms with E-state index in [-0.39, 0.29) is 19.0 Å². The van der Waals surface area contributed by atoms with Crippen molar-refractivity contribution >= 4 is 16.2 Å². The number of rotatable bonds is 6. The maximum Gasteiger partial charge on any atom is 0.304 e. The molecule has 1 aromatic heterocycles. The van der Waals surface area contributed by atoms with Crippen molar-refractivity contribution in [3.8, 4) is 0 Å². The zero-order chi connectivity index (χ0) is 14.8. The fourth-order valence-electron chi connectivity index (χ4n) is 2.43. The number of carbonyl (C=O) groups is 1. The van der Waals surface area contributed by atoms with Gasteiger partial charge in [-0.15, -0.1) is 0 Å². The second-order valence-corrected chi connectivity index (χ2v) is 6.86. The van der Waals surface area contributed by atoms with E-state index in [1.807, 2.05) is 12.1 Å². The molecule has 112 valence electrons. The summed E-state index contributed by atoms with van der Waals surface area (Å²) < 4.78 is 27.6. The molecule has 1 aliphatic rings. The van der Waals surface area contributed by atoms with Gasteiger partial charge in [0.25, 0.3) is 10.2 Å². The van der Waals surface area contributed by atoms with Gasteiger partial charge in [0.05, 0.1) is 12.5 Å². The molecular weight excluding hydrogens is 282 g/mol. The van der Waals surface area contributed by atoms with Crippen LogP contribution < -0.4 is 0 Å². The first kappa shape index (κ1) is 15.0. The van der Waals surface area contributed by atoms with Gasteiger partial charge in [0, 0.05) is 32.0 Å². The van der Waals surface area contributed by atoms with Crippen molar-refractivity contribution in [2.75, 3.05) is 20.1 Å². The third kappa shape index (κ3) is 3.02. The Balaban J connectivity index is 2.13. The Kier molecular flexibility index (Phi) is 4.46. The van der Waals surface area contributed by atoms with Gasteiger partial charge in [0.1, 0.15) is 0 Å². The van der Waals surface area contributed by atoms with Gasteiger partial charge in [-0.1, -0.05) is 0 Å². The molecule has 0 saturated carbocycles. The maximum atomic E-state index is 12.5. The van der Waals surface area contributed by atoms with Crippen molar-refractivity contribution in [3.05, 3.63) is 24.0 Å². The normalized spacial score (nSPS) is 20.6. The van der Waals surface area contributed by atoms with Crippen molar-refractivity contribution < 1.29 is 18.3 Å². The monoisotopic (exact) mass is 301 g/mol. The summed E-state index contributed by atoms with van der Waals surface area (Å²) in [4.78, 5) is 13.6. The number of nitrogens with zero attached hydrogens (tertiary/aromatic N) is 2. The standard InChI is InChI=1S/C12H19N3O4S/c1-14(9-6-12(16)17)20(18,19)15-8-3-5-11(15)10-4-2-7-13-10/h2,4,7,11,13H,3,5-6,8-9H2,1H3,(H,16,17). The molecule has 0 spiro atoms. The number of aromatic amines is 1. The summed E-state index contributed by atoms with van der Waals surface area (Å²) in [6.07, 6.45) is 3.14. The molecule has 2 N–H and O–H groups in total. The van der Waals surface area contributed by atoms with Gasteiger partial charge in [-0.3, -0.25) is 4.79 Å². The number of hydrogen-bond acceptors (Lipinski definition) is 3. The molecular formula is C12H19N3O4S. The van der Waals surface area contributed by atoms with Crippen molar-refractivity contribution in [2.24, 2.45) is 0 Å². The van der Waals surface area contributed by atoms with Crippen LogP contribution in [0.4, 0.5) is 0 Å². The lowest BCUT2D eigenvalue weighted by Crippen LogP contribution is -2.42. The molecule has 0 aliphatic carbocycles. The van der Waals surface area contributed by atoms with Crippen molar-refractivity contribution in [3.63, 3.8) is 0 Å². The molecule has 8 heteroatoms. The molecule has 2 heterocycles. The summed E-state index contributed by atoms with van der Waals surface area (Å²) in [7, 11) is -2.21. The minimum Gasteiger partial charge on any atom is -0.481 e. The lowest BCUT2D eigenvalue weighted by molar-refractivity contribution is -0.137. The average Bonchev–Trinajstić information content (AvgIpc) is 3.04. The van der Waals surface area contributed by atoms with E-state index < -0.39 is 16.2 Å². The number of H-pyrrole nitrogens is 1. The average molecular weight is 301 g/mol. The first-order valence-electron chi connectivity index (χ1n) is 6.51. The van der Waals surface area contributed by atoms with E-state index in [4.69, 9.17) is 5.11 Å². The van der Waals surface area contributed by atoms with Crippen LogP contribution >= 0.6 is 0 Å². The third-order valence-corrected chi connectivity index (χ3v) is 5.52. The van der Waals surface area contributed by atoms with Crippen molar-refractivity contribution in [1.82, 2.24) is 13.6 Å². The van der Waals surface area contributed by atoms with E-state index in [1.54, 1.807) is 6.20 Å². The highest BCUT2D eigenvalue weighted by atomic mass is 32.2. The van der Waals surface area contributed by atoms with Crippen LogP contribution in [-0.4, -0.2) is 53.2 Å². The Hall–Kier alpha value is -1.38. The molecule has 20 heavy (non-hydrogen) atoms. The summed E-state index contributed by atoms with van der Waals surface area (Å²) in [5.74, 6) is -1.01. The van der Waals surface area contributed by atoms with Crippen molar-refractivity contribution in [1.29, 1.82) is 0 Å². The Morgan fingerprint density at radius 1 is 1.60 bits per heavy atom. The van der Waals surface area contributed by atoms with E-state index in [9.17, 15) is 13.2 Å². The fourth-order valence-corrected chi connectivity index (χ4v) is 4.01. The van der Waals surface area contributed by atoms with Crippen LogP contribution in [0, 0.1) is 0 Å². The van der Waals surface area contributed by atoms with Crippen LogP contribution in [0.1, 0.15) is 31.0 Å². The second kappa shape index (κ2) is 5.94. The van der Waals surface area contributed by atoms with Crippen LogP contribution in [0.2, 0.25) is 0 Å². The Morgan fingerprint density at radius 2 is 2.35 bits per heavy atom. The molecule has 0 radical (unpaired) electrons. The van der Waals surface area contributed by atoms with Crippen LogP contribution in [0.25, 0.3) is 0 Å². The lowest BCUT2D eigenvalue weighted by Gasteiger charge is -2.28. The van der Waals surface area contributed by atoms with Gasteiger partial charge in [0.15, 0.2) is 0 Å². The quantitative estimate of drug-likeness (QED) is 0.813. The van der Waals surface area contributed by atoms with Crippen LogP contribution in [0.5, 0.6) is 0 Å².